The molecule has 4 rings (SSSR count). The lowest BCUT2D eigenvalue weighted by Gasteiger charge is -2.63. The van der Waals surface area contributed by atoms with Crippen LogP contribution in [0.2, 0.25) is 0 Å². The fourth-order valence-electron chi connectivity index (χ4n) is 7.99. The van der Waals surface area contributed by atoms with E-state index in [2.05, 4.69) is 0 Å². The van der Waals surface area contributed by atoms with Gasteiger partial charge < -0.3 is 9.84 Å². The first-order chi connectivity index (χ1) is 15.4. The third-order valence-electron chi connectivity index (χ3n) is 9.63. The van der Waals surface area contributed by atoms with Crippen molar-refractivity contribution in [2.75, 3.05) is 5.21 Å². The van der Waals surface area contributed by atoms with Crippen LogP contribution in [0.15, 0.2) is 11.6 Å². The molecule has 33 heavy (non-hydrogen) atoms. The van der Waals surface area contributed by atoms with Gasteiger partial charge in [-0.3, -0.25) is 14.4 Å². The summed E-state index contributed by atoms with van der Waals surface area (Å²) in [5.41, 5.74) is -4.42. The molecule has 0 aromatic carbocycles. The SMILES string of the molecule is CCC(=O)O[C@]1(C(=O)SCCl)[C@@H](C)C[C@H]2[C@@H]3CCC4=CC(=O)CC[C@]4(C)[C@@]3(F)[C@@H](O)C[C@@]21C. The highest BCUT2D eigenvalue weighted by Gasteiger charge is 2.77. The van der Waals surface area contributed by atoms with Gasteiger partial charge in [0.05, 0.1) is 11.3 Å². The van der Waals surface area contributed by atoms with E-state index in [1.165, 1.54) is 0 Å². The number of ketones is 1. The average molecular weight is 501 g/mol. The number of halogens is 2. The maximum atomic E-state index is 17.3. The maximum Gasteiger partial charge on any atom is 0.306 e. The van der Waals surface area contributed by atoms with Gasteiger partial charge in [0.25, 0.3) is 0 Å². The Kier molecular flexibility index (Phi) is 6.36. The number of esters is 1. The summed E-state index contributed by atoms with van der Waals surface area (Å²) >= 11 is 6.81. The number of ether oxygens (including phenoxy) is 1. The van der Waals surface area contributed by atoms with Crippen molar-refractivity contribution in [3.8, 4) is 0 Å². The summed E-state index contributed by atoms with van der Waals surface area (Å²) in [4.78, 5) is 38.2. The topological polar surface area (TPSA) is 80.7 Å². The number of carbonyl (C=O) groups is 3. The molecule has 0 saturated heterocycles. The average Bonchev–Trinajstić information content (AvgIpc) is 2.97. The Labute approximate surface area is 204 Å². The normalized spacial score (nSPS) is 46.6. The molecule has 0 unspecified atom stereocenters. The Morgan fingerprint density at radius 1 is 1.30 bits per heavy atom. The lowest BCUT2D eigenvalue weighted by atomic mass is 9.44. The van der Waals surface area contributed by atoms with E-state index in [0.29, 0.717) is 25.7 Å². The van der Waals surface area contributed by atoms with Crippen molar-refractivity contribution in [2.24, 2.45) is 28.6 Å². The molecule has 0 radical (unpaired) electrons. The molecule has 0 aromatic heterocycles. The van der Waals surface area contributed by atoms with Crippen LogP contribution in [0.25, 0.3) is 0 Å². The monoisotopic (exact) mass is 500 g/mol. The molecule has 5 nitrogen and oxygen atoms in total. The van der Waals surface area contributed by atoms with Crippen molar-refractivity contribution in [1.29, 1.82) is 0 Å². The minimum Gasteiger partial charge on any atom is -0.449 e. The van der Waals surface area contributed by atoms with Crippen LogP contribution in [0, 0.1) is 28.6 Å². The molecule has 1 N–H and O–H groups in total. The maximum absolute atomic E-state index is 17.3. The molecule has 0 spiro atoms. The molecule has 0 heterocycles. The van der Waals surface area contributed by atoms with Gasteiger partial charge in [-0.25, -0.2) is 4.39 Å². The van der Waals surface area contributed by atoms with Crippen molar-refractivity contribution in [1.82, 2.24) is 0 Å². The van der Waals surface area contributed by atoms with E-state index < -0.39 is 40.1 Å². The summed E-state index contributed by atoms with van der Waals surface area (Å²) in [6.07, 6.45) is 2.63. The summed E-state index contributed by atoms with van der Waals surface area (Å²) in [5.74, 6) is -1.55. The number of allylic oxidation sites excluding steroid dienone is 1. The number of fused-ring (bicyclic) bond motifs is 5. The standard InChI is InChI=1S/C25H34ClFO5S/c1-5-20(30)32-25(21(31)33-13-26)14(2)10-18-17-7-6-15-11-16(28)8-9-22(15,3)24(17,27)19(29)12-23(18,25)4/h11,14,17-19,29H,5-10,12-13H2,1-4H3/t14-,17-,18-,19-,22-,23-,24-,25-/m0/s1. The number of alkyl halides is 2. The van der Waals surface area contributed by atoms with Gasteiger partial charge in [-0.2, -0.15) is 0 Å². The second-order valence-electron chi connectivity index (χ2n) is 10.9. The van der Waals surface area contributed by atoms with Crippen LogP contribution in [0.3, 0.4) is 0 Å². The van der Waals surface area contributed by atoms with Crippen molar-refractivity contribution in [3.63, 3.8) is 0 Å². The molecule has 3 fully saturated rings. The van der Waals surface area contributed by atoms with Gasteiger partial charge in [0.15, 0.2) is 11.4 Å². The number of thioether (sulfide) groups is 1. The van der Waals surface area contributed by atoms with Gasteiger partial charge in [0.1, 0.15) is 5.67 Å². The molecule has 4 aliphatic rings. The number of aliphatic hydroxyl groups excluding tert-OH is 1. The number of rotatable bonds is 4. The molecule has 8 heteroatoms. The van der Waals surface area contributed by atoms with Crippen LogP contribution >= 0.6 is 23.4 Å². The first-order valence-corrected chi connectivity index (χ1v) is 13.5. The van der Waals surface area contributed by atoms with Crippen LogP contribution in [0.5, 0.6) is 0 Å². The zero-order chi connectivity index (χ0) is 24.4. The second kappa shape index (κ2) is 8.34. The van der Waals surface area contributed by atoms with E-state index in [1.54, 1.807) is 13.0 Å². The van der Waals surface area contributed by atoms with E-state index in [4.69, 9.17) is 16.3 Å². The second-order valence-corrected chi connectivity index (χ2v) is 12.4. The summed E-state index contributed by atoms with van der Waals surface area (Å²) < 4.78 is 23.3. The first-order valence-electron chi connectivity index (χ1n) is 12.0. The van der Waals surface area contributed by atoms with Crippen molar-refractivity contribution < 1.29 is 28.6 Å². The van der Waals surface area contributed by atoms with Crippen LogP contribution in [0.4, 0.5) is 4.39 Å². The van der Waals surface area contributed by atoms with Gasteiger partial charge in [0, 0.05) is 35.5 Å². The molecule has 184 valence electrons. The van der Waals surface area contributed by atoms with E-state index in [9.17, 15) is 19.5 Å². The van der Waals surface area contributed by atoms with Crippen molar-refractivity contribution in [2.45, 2.75) is 90.0 Å². The molecule has 0 bridgehead atoms. The lowest BCUT2D eigenvalue weighted by molar-refractivity contribution is -0.232. The van der Waals surface area contributed by atoms with Gasteiger partial charge in [0.2, 0.25) is 5.12 Å². The zero-order valence-corrected chi connectivity index (χ0v) is 21.4. The fraction of sp³-hybridized carbons (Fsp3) is 0.800. The van der Waals surface area contributed by atoms with E-state index in [-0.39, 0.29) is 47.2 Å². The third kappa shape index (κ3) is 3.17. The first kappa shape index (κ1) is 25.2. The number of hydrogen-bond acceptors (Lipinski definition) is 6. The fourth-order valence-corrected chi connectivity index (χ4v) is 9.08. The predicted octanol–water partition coefficient (Wildman–Crippen LogP) is 4.98. The van der Waals surface area contributed by atoms with E-state index in [1.807, 2.05) is 20.8 Å². The smallest absolute Gasteiger partial charge is 0.306 e. The molecule has 0 aromatic rings. The Bertz CT molecular complexity index is 909. The highest BCUT2D eigenvalue weighted by Crippen LogP contribution is 2.72. The van der Waals surface area contributed by atoms with E-state index in [0.717, 1.165) is 17.3 Å². The number of aliphatic hydroxyl groups is 1. The van der Waals surface area contributed by atoms with E-state index >= 15 is 4.39 Å². The zero-order valence-electron chi connectivity index (χ0n) is 19.8. The molecular formula is C25H34ClFO5S. The molecular weight excluding hydrogens is 467 g/mol. The summed E-state index contributed by atoms with van der Waals surface area (Å²) in [6.45, 7) is 7.30. The summed E-state index contributed by atoms with van der Waals surface area (Å²) in [6, 6.07) is 0. The summed E-state index contributed by atoms with van der Waals surface area (Å²) in [5, 5.41) is 11.2. The minimum absolute atomic E-state index is 0.0113. The Hall–Kier alpha value is -0.920. The molecule has 4 aliphatic carbocycles. The van der Waals surface area contributed by atoms with Crippen LogP contribution in [0.1, 0.15) is 72.6 Å². The van der Waals surface area contributed by atoms with Crippen LogP contribution in [-0.4, -0.2) is 44.6 Å². The molecule has 0 amide bonds. The molecule has 8 atom stereocenters. The summed E-state index contributed by atoms with van der Waals surface area (Å²) in [7, 11) is 0. The number of hydrogen-bond donors (Lipinski definition) is 1. The molecule has 0 aliphatic heterocycles. The Morgan fingerprint density at radius 3 is 2.64 bits per heavy atom. The Balaban J connectivity index is 1.83. The highest BCUT2D eigenvalue weighted by atomic mass is 35.5. The Morgan fingerprint density at radius 2 is 2.00 bits per heavy atom. The third-order valence-corrected chi connectivity index (χ3v) is 10.6. The quantitative estimate of drug-likeness (QED) is 0.433. The minimum atomic E-state index is -1.91. The van der Waals surface area contributed by atoms with Gasteiger partial charge >= 0.3 is 5.97 Å². The van der Waals surface area contributed by atoms with Crippen molar-refractivity contribution >= 4 is 40.2 Å². The largest absolute Gasteiger partial charge is 0.449 e. The van der Waals surface area contributed by atoms with Crippen LogP contribution < -0.4 is 0 Å². The predicted molar refractivity (Wildman–Crippen MR) is 125 cm³/mol. The van der Waals surface area contributed by atoms with Gasteiger partial charge in [-0.1, -0.05) is 45.0 Å². The lowest BCUT2D eigenvalue weighted by Crippen LogP contribution is -2.70. The van der Waals surface area contributed by atoms with Gasteiger partial charge in [-0.05, 0) is 44.1 Å². The highest BCUT2D eigenvalue weighted by molar-refractivity contribution is 8.14. The van der Waals surface area contributed by atoms with Crippen molar-refractivity contribution in [3.05, 3.63) is 11.6 Å². The molecule has 3 saturated carbocycles. The van der Waals surface area contributed by atoms with Gasteiger partial charge in [-0.15, -0.1) is 11.6 Å². The number of carbonyl (C=O) groups excluding carboxylic acids is 3. The van der Waals surface area contributed by atoms with Crippen LogP contribution in [-0.2, 0) is 19.1 Å².